The lowest BCUT2D eigenvalue weighted by atomic mass is 10.2. The standard InChI is InChI=1S/C25H19F3N4O3/c1-16-11-22(33)23(31-32(16)20-8-2-6-18(12-20)25(26,27)28)24(34)30-19-7-3-9-21(13-19)35-15-17-5-4-10-29-14-17/h2-14H,15H2,1H3,(H,30,34). The number of aryl methyl sites for hydroxylation is 1. The Labute approximate surface area is 197 Å². The molecular weight excluding hydrogens is 461 g/mol. The van der Waals surface area contributed by atoms with Crippen LogP contribution in [0, 0.1) is 6.92 Å². The molecule has 0 fully saturated rings. The molecule has 0 bridgehead atoms. The Morgan fingerprint density at radius 1 is 1.06 bits per heavy atom. The maximum atomic E-state index is 13.1. The lowest BCUT2D eigenvalue weighted by molar-refractivity contribution is -0.137. The largest absolute Gasteiger partial charge is 0.489 e. The van der Waals surface area contributed by atoms with Gasteiger partial charge in [0.2, 0.25) is 5.43 Å². The van der Waals surface area contributed by atoms with Gasteiger partial charge >= 0.3 is 6.18 Å². The molecule has 10 heteroatoms. The molecule has 2 aromatic carbocycles. The fourth-order valence-electron chi connectivity index (χ4n) is 3.28. The van der Waals surface area contributed by atoms with Crippen LogP contribution in [0.15, 0.2) is 83.9 Å². The average Bonchev–Trinajstić information content (AvgIpc) is 2.83. The van der Waals surface area contributed by atoms with Gasteiger partial charge in [0.1, 0.15) is 12.4 Å². The zero-order valence-corrected chi connectivity index (χ0v) is 18.4. The van der Waals surface area contributed by atoms with Gasteiger partial charge in [0, 0.05) is 41.5 Å². The van der Waals surface area contributed by atoms with Gasteiger partial charge in [-0.3, -0.25) is 14.6 Å². The van der Waals surface area contributed by atoms with Gasteiger partial charge in [-0.1, -0.05) is 18.2 Å². The number of ether oxygens (including phenoxy) is 1. The van der Waals surface area contributed by atoms with E-state index in [-0.39, 0.29) is 18.0 Å². The van der Waals surface area contributed by atoms with Gasteiger partial charge < -0.3 is 10.1 Å². The highest BCUT2D eigenvalue weighted by molar-refractivity contribution is 6.02. The SMILES string of the molecule is Cc1cc(=O)c(C(=O)Nc2cccc(OCc3cccnc3)c2)nn1-c1cccc(C(F)(F)F)c1. The maximum Gasteiger partial charge on any atom is 0.416 e. The van der Waals surface area contributed by atoms with Crippen LogP contribution in [0.1, 0.15) is 27.3 Å². The van der Waals surface area contributed by atoms with Crippen LogP contribution in [0.3, 0.4) is 0 Å². The third-order valence-corrected chi connectivity index (χ3v) is 4.96. The van der Waals surface area contributed by atoms with Crippen molar-refractivity contribution in [2.45, 2.75) is 19.7 Å². The summed E-state index contributed by atoms with van der Waals surface area (Å²) in [4.78, 5) is 29.3. The van der Waals surface area contributed by atoms with Gasteiger partial charge in [-0.05, 0) is 43.3 Å². The molecule has 1 N–H and O–H groups in total. The number of nitrogens with zero attached hydrogens (tertiary/aromatic N) is 3. The second kappa shape index (κ2) is 9.80. The normalized spacial score (nSPS) is 11.2. The van der Waals surface area contributed by atoms with E-state index in [1.165, 1.54) is 19.1 Å². The Hall–Kier alpha value is -4.47. The number of amides is 1. The lowest BCUT2D eigenvalue weighted by Gasteiger charge is -2.14. The smallest absolute Gasteiger partial charge is 0.416 e. The number of halogens is 3. The van der Waals surface area contributed by atoms with E-state index in [1.807, 2.05) is 6.07 Å². The van der Waals surface area contributed by atoms with E-state index < -0.39 is 28.8 Å². The summed E-state index contributed by atoms with van der Waals surface area (Å²) in [6.07, 6.45) is -1.23. The molecule has 7 nitrogen and oxygen atoms in total. The van der Waals surface area contributed by atoms with Crippen molar-refractivity contribution in [2.24, 2.45) is 0 Å². The first-order valence-corrected chi connectivity index (χ1v) is 10.4. The minimum Gasteiger partial charge on any atom is -0.489 e. The minimum absolute atomic E-state index is 0.0668. The number of carbonyl (C=O) groups excluding carboxylic acids is 1. The van der Waals surface area contributed by atoms with Crippen molar-refractivity contribution < 1.29 is 22.7 Å². The lowest BCUT2D eigenvalue weighted by Crippen LogP contribution is -2.27. The fraction of sp³-hybridized carbons (Fsp3) is 0.120. The van der Waals surface area contributed by atoms with Crippen LogP contribution in [-0.2, 0) is 12.8 Å². The minimum atomic E-state index is -4.55. The van der Waals surface area contributed by atoms with Crippen molar-refractivity contribution in [3.05, 3.63) is 112 Å². The van der Waals surface area contributed by atoms with E-state index in [0.717, 1.165) is 28.4 Å². The molecule has 1 amide bonds. The molecule has 0 aliphatic heterocycles. The molecular formula is C25H19F3N4O3. The summed E-state index contributed by atoms with van der Waals surface area (Å²) in [5, 5.41) is 6.63. The Balaban J connectivity index is 1.56. The average molecular weight is 480 g/mol. The van der Waals surface area contributed by atoms with Gasteiger partial charge in [-0.25, -0.2) is 4.68 Å². The van der Waals surface area contributed by atoms with Crippen molar-refractivity contribution in [3.8, 4) is 11.4 Å². The third kappa shape index (κ3) is 5.72. The number of aromatic nitrogens is 3. The fourth-order valence-corrected chi connectivity index (χ4v) is 3.28. The Morgan fingerprint density at radius 3 is 2.60 bits per heavy atom. The van der Waals surface area contributed by atoms with Crippen LogP contribution in [0.2, 0.25) is 0 Å². The van der Waals surface area contributed by atoms with Crippen LogP contribution in [0.5, 0.6) is 5.75 Å². The number of carbonyl (C=O) groups is 1. The summed E-state index contributed by atoms with van der Waals surface area (Å²) >= 11 is 0. The van der Waals surface area contributed by atoms with E-state index in [1.54, 1.807) is 42.7 Å². The van der Waals surface area contributed by atoms with Crippen molar-refractivity contribution in [1.29, 1.82) is 0 Å². The molecule has 4 aromatic rings. The summed E-state index contributed by atoms with van der Waals surface area (Å²) in [5.74, 6) is -0.329. The van der Waals surface area contributed by atoms with E-state index >= 15 is 0 Å². The number of alkyl halides is 3. The molecule has 0 saturated carbocycles. The highest BCUT2D eigenvalue weighted by atomic mass is 19.4. The third-order valence-electron chi connectivity index (χ3n) is 4.96. The first-order chi connectivity index (χ1) is 16.7. The number of pyridine rings is 1. The Morgan fingerprint density at radius 2 is 1.86 bits per heavy atom. The summed E-state index contributed by atoms with van der Waals surface area (Å²) < 4.78 is 46.2. The number of anilines is 1. The van der Waals surface area contributed by atoms with Gasteiger partial charge in [0.05, 0.1) is 11.3 Å². The van der Waals surface area contributed by atoms with Crippen molar-refractivity contribution in [3.63, 3.8) is 0 Å². The monoisotopic (exact) mass is 480 g/mol. The molecule has 4 rings (SSSR count). The molecule has 0 saturated heterocycles. The maximum absolute atomic E-state index is 13.1. The number of hydrogen-bond acceptors (Lipinski definition) is 5. The first kappa shape index (κ1) is 23.7. The van der Waals surface area contributed by atoms with Gasteiger partial charge in [-0.2, -0.15) is 18.3 Å². The summed E-state index contributed by atoms with van der Waals surface area (Å²) in [6, 6.07) is 15.8. The van der Waals surface area contributed by atoms with E-state index in [0.29, 0.717) is 11.4 Å². The molecule has 0 radical (unpaired) electrons. The zero-order chi connectivity index (χ0) is 25.0. The van der Waals surface area contributed by atoms with Gasteiger partial charge in [0.15, 0.2) is 5.69 Å². The number of rotatable bonds is 6. The predicted octanol–water partition coefficient (Wildman–Crippen LogP) is 4.79. The second-order valence-electron chi connectivity index (χ2n) is 7.59. The summed E-state index contributed by atoms with van der Waals surface area (Å²) in [6.45, 7) is 1.78. The molecule has 35 heavy (non-hydrogen) atoms. The van der Waals surface area contributed by atoms with Crippen molar-refractivity contribution in [1.82, 2.24) is 14.8 Å². The molecule has 0 atom stereocenters. The molecule has 0 aliphatic carbocycles. The molecule has 0 unspecified atom stereocenters. The topological polar surface area (TPSA) is 86.1 Å². The predicted molar refractivity (Wildman–Crippen MR) is 123 cm³/mol. The Kier molecular flexibility index (Phi) is 6.63. The summed E-state index contributed by atoms with van der Waals surface area (Å²) in [5.41, 5.74) is -0.438. The molecule has 0 aliphatic rings. The van der Waals surface area contributed by atoms with Crippen LogP contribution >= 0.6 is 0 Å². The Bertz CT molecular complexity index is 1420. The molecule has 2 heterocycles. The molecule has 0 spiro atoms. The van der Waals surface area contributed by atoms with E-state index in [2.05, 4.69) is 15.4 Å². The number of benzene rings is 2. The van der Waals surface area contributed by atoms with Gasteiger partial charge in [-0.15, -0.1) is 0 Å². The quantitative estimate of drug-likeness (QED) is 0.429. The zero-order valence-electron chi connectivity index (χ0n) is 18.4. The number of nitrogens with one attached hydrogen (secondary N) is 1. The van der Waals surface area contributed by atoms with E-state index in [9.17, 15) is 22.8 Å². The van der Waals surface area contributed by atoms with Crippen LogP contribution in [0.4, 0.5) is 18.9 Å². The second-order valence-corrected chi connectivity index (χ2v) is 7.59. The molecule has 2 aromatic heterocycles. The van der Waals surface area contributed by atoms with Crippen molar-refractivity contribution >= 4 is 11.6 Å². The highest BCUT2D eigenvalue weighted by Gasteiger charge is 2.30. The van der Waals surface area contributed by atoms with Crippen LogP contribution in [0.25, 0.3) is 5.69 Å². The number of hydrogen-bond donors (Lipinski definition) is 1. The summed E-state index contributed by atoms with van der Waals surface area (Å²) in [7, 11) is 0. The molecule has 178 valence electrons. The van der Waals surface area contributed by atoms with Crippen LogP contribution in [-0.4, -0.2) is 20.7 Å². The van der Waals surface area contributed by atoms with Crippen molar-refractivity contribution in [2.75, 3.05) is 5.32 Å². The first-order valence-electron chi connectivity index (χ1n) is 10.4. The van der Waals surface area contributed by atoms with E-state index in [4.69, 9.17) is 4.74 Å². The highest BCUT2D eigenvalue weighted by Crippen LogP contribution is 2.30. The van der Waals surface area contributed by atoms with Crippen LogP contribution < -0.4 is 15.5 Å². The van der Waals surface area contributed by atoms with Gasteiger partial charge in [0.25, 0.3) is 5.91 Å².